The highest BCUT2D eigenvalue weighted by Gasteiger charge is 2.18. The van der Waals surface area contributed by atoms with Gasteiger partial charge in [-0.15, -0.1) is 0 Å². The summed E-state index contributed by atoms with van der Waals surface area (Å²) in [5, 5.41) is 0. The number of methoxy groups -OCH3 is 2. The largest absolute Gasteiger partial charge is 0.493 e. The van der Waals surface area contributed by atoms with Gasteiger partial charge in [-0.05, 0) is 36.6 Å². The Bertz CT molecular complexity index is 360. The average molecular weight is 208 g/mol. The summed E-state index contributed by atoms with van der Waals surface area (Å²) < 4.78 is 16.1. The molecule has 0 amide bonds. The molecule has 0 fully saturated rings. The zero-order valence-corrected chi connectivity index (χ0v) is 9.37. The first-order valence-corrected chi connectivity index (χ1v) is 5.10. The molecule has 0 saturated carbocycles. The molecule has 1 aromatic carbocycles. The maximum absolute atomic E-state index is 5.58. The van der Waals surface area contributed by atoms with Gasteiger partial charge in [-0.3, -0.25) is 0 Å². The van der Waals surface area contributed by atoms with Crippen molar-refractivity contribution in [3.05, 3.63) is 23.3 Å². The third-order valence-corrected chi connectivity index (χ3v) is 2.74. The molecule has 3 nitrogen and oxygen atoms in total. The van der Waals surface area contributed by atoms with E-state index in [1.54, 1.807) is 14.2 Å². The first kappa shape index (κ1) is 10.3. The summed E-state index contributed by atoms with van der Waals surface area (Å²) in [4.78, 5) is 0. The average Bonchev–Trinajstić information content (AvgIpc) is 2.27. The second-order valence-electron chi connectivity index (χ2n) is 3.80. The number of hydrogen-bond donors (Lipinski definition) is 0. The summed E-state index contributed by atoms with van der Waals surface area (Å²) in [6.45, 7) is 2.75. The number of ether oxygens (including phenoxy) is 3. The third kappa shape index (κ3) is 1.92. The molecule has 0 spiro atoms. The normalized spacial score (nSPS) is 19.5. The lowest BCUT2D eigenvalue weighted by Crippen LogP contribution is -2.19. The lowest BCUT2D eigenvalue weighted by atomic mass is 9.99. The molecular formula is C12H16O3. The van der Waals surface area contributed by atoms with E-state index in [9.17, 15) is 0 Å². The van der Waals surface area contributed by atoms with Gasteiger partial charge in [0, 0.05) is 0 Å². The van der Waals surface area contributed by atoms with Gasteiger partial charge in [0.25, 0.3) is 0 Å². The fourth-order valence-corrected chi connectivity index (χ4v) is 1.89. The minimum Gasteiger partial charge on any atom is -0.493 e. The van der Waals surface area contributed by atoms with E-state index in [0.29, 0.717) is 6.61 Å². The van der Waals surface area contributed by atoms with Gasteiger partial charge in [0.15, 0.2) is 11.5 Å². The van der Waals surface area contributed by atoms with Crippen molar-refractivity contribution < 1.29 is 14.2 Å². The van der Waals surface area contributed by atoms with E-state index >= 15 is 0 Å². The Kier molecular flexibility index (Phi) is 2.82. The topological polar surface area (TPSA) is 27.7 Å². The zero-order chi connectivity index (χ0) is 10.8. The quantitative estimate of drug-likeness (QED) is 0.745. The first-order valence-electron chi connectivity index (χ1n) is 5.10. The van der Waals surface area contributed by atoms with Gasteiger partial charge in [-0.2, -0.15) is 0 Å². The maximum Gasteiger partial charge on any atom is 0.161 e. The van der Waals surface area contributed by atoms with E-state index in [4.69, 9.17) is 14.2 Å². The Hall–Kier alpha value is -1.22. The summed E-state index contributed by atoms with van der Waals surface area (Å²) in [6.07, 6.45) is 1.23. The van der Waals surface area contributed by atoms with E-state index in [-0.39, 0.29) is 6.10 Å². The highest BCUT2D eigenvalue weighted by atomic mass is 16.5. The molecule has 1 heterocycles. The van der Waals surface area contributed by atoms with Crippen LogP contribution in [0.15, 0.2) is 12.1 Å². The van der Waals surface area contributed by atoms with Gasteiger partial charge in [0.05, 0.1) is 26.9 Å². The van der Waals surface area contributed by atoms with Gasteiger partial charge in [0.2, 0.25) is 0 Å². The molecule has 0 aliphatic carbocycles. The van der Waals surface area contributed by atoms with Gasteiger partial charge in [-0.1, -0.05) is 0 Å². The molecule has 0 N–H and O–H groups in total. The number of benzene rings is 1. The Labute approximate surface area is 90.0 Å². The molecule has 15 heavy (non-hydrogen) atoms. The van der Waals surface area contributed by atoms with Crippen LogP contribution >= 0.6 is 0 Å². The van der Waals surface area contributed by atoms with E-state index < -0.39 is 0 Å². The summed E-state index contributed by atoms with van der Waals surface area (Å²) in [5.74, 6) is 1.57. The summed E-state index contributed by atoms with van der Waals surface area (Å²) >= 11 is 0. The first-order chi connectivity index (χ1) is 7.24. The molecule has 1 aliphatic heterocycles. The van der Waals surface area contributed by atoms with Crippen molar-refractivity contribution in [2.45, 2.75) is 26.1 Å². The third-order valence-electron chi connectivity index (χ3n) is 2.74. The van der Waals surface area contributed by atoms with Crippen molar-refractivity contribution in [3.63, 3.8) is 0 Å². The molecule has 1 aliphatic rings. The van der Waals surface area contributed by atoms with Gasteiger partial charge in [-0.25, -0.2) is 0 Å². The number of hydrogen-bond acceptors (Lipinski definition) is 3. The smallest absolute Gasteiger partial charge is 0.161 e. The van der Waals surface area contributed by atoms with Crippen molar-refractivity contribution in [2.75, 3.05) is 14.2 Å². The Morgan fingerprint density at radius 1 is 1.13 bits per heavy atom. The highest BCUT2D eigenvalue weighted by Crippen LogP contribution is 2.33. The van der Waals surface area contributed by atoms with Crippen LogP contribution in [0.3, 0.4) is 0 Å². The zero-order valence-electron chi connectivity index (χ0n) is 9.37. The van der Waals surface area contributed by atoms with Gasteiger partial charge >= 0.3 is 0 Å². The lowest BCUT2D eigenvalue weighted by molar-refractivity contribution is 0.0408. The molecule has 0 aromatic heterocycles. The second-order valence-corrected chi connectivity index (χ2v) is 3.80. The fourth-order valence-electron chi connectivity index (χ4n) is 1.89. The molecule has 82 valence electrons. The summed E-state index contributed by atoms with van der Waals surface area (Å²) in [5.41, 5.74) is 2.50. The van der Waals surface area contributed by atoms with E-state index in [1.807, 2.05) is 12.1 Å². The SMILES string of the molecule is COc1cc2c(cc1OC)CC(C)OC2. The lowest BCUT2D eigenvalue weighted by Gasteiger charge is -2.23. The Morgan fingerprint density at radius 2 is 1.73 bits per heavy atom. The van der Waals surface area contributed by atoms with Crippen LogP contribution in [-0.4, -0.2) is 20.3 Å². The van der Waals surface area contributed by atoms with Crippen molar-refractivity contribution in [3.8, 4) is 11.5 Å². The minimum absolute atomic E-state index is 0.288. The standard InChI is InChI=1S/C12H16O3/c1-8-4-9-5-11(13-2)12(14-3)6-10(9)7-15-8/h5-6,8H,4,7H2,1-3H3. The maximum atomic E-state index is 5.58. The monoisotopic (exact) mass is 208 g/mol. The molecule has 0 saturated heterocycles. The summed E-state index contributed by atoms with van der Waals surface area (Å²) in [6, 6.07) is 4.05. The van der Waals surface area contributed by atoms with Crippen molar-refractivity contribution in [2.24, 2.45) is 0 Å². The molecule has 1 aromatic rings. The van der Waals surface area contributed by atoms with Crippen LogP contribution in [0.4, 0.5) is 0 Å². The molecule has 1 unspecified atom stereocenters. The van der Waals surface area contributed by atoms with Crippen LogP contribution in [0.1, 0.15) is 18.1 Å². The van der Waals surface area contributed by atoms with Gasteiger partial charge < -0.3 is 14.2 Å². The molecule has 0 bridgehead atoms. The fraction of sp³-hybridized carbons (Fsp3) is 0.500. The van der Waals surface area contributed by atoms with Crippen LogP contribution < -0.4 is 9.47 Å². The van der Waals surface area contributed by atoms with Gasteiger partial charge in [0.1, 0.15) is 0 Å². The van der Waals surface area contributed by atoms with Crippen molar-refractivity contribution in [1.82, 2.24) is 0 Å². The summed E-state index contributed by atoms with van der Waals surface area (Å²) in [7, 11) is 3.31. The predicted molar refractivity (Wildman–Crippen MR) is 57.5 cm³/mol. The van der Waals surface area contributed by atoms with Crippen molar-refractivity contribution >= 4 is 0 Å². The Balaban J connectivity index is 2.41. The second kappa shape index (κ2) is 4.11. The minimum atomic E-state index is 0.288. The molecule has 2 rings (SSSR count). The number of fused-ring (bicyclic) bond motifs is 1. The van der Waals surface area contributed by atoms with E-state index in [0.717, 1.165) is 17.9 Å². The number of rotatable bonds is 2. The van der Waals surface area contributed by atoms with E-state index in [2.05, 4.69) is 6.92 Å². The highest BCUT2D eigenvalue weighted by molar-refractivity contribution is 5.48. The molecular weight excluding hydrogens is 192 g/mol. The predicted octanol–water partition coefficient (Wildman–Crippen LogP) is 2.17. The van der Waals surface area contributed by atoms with Crippen LogP contribution in [0.5, 0.6) is 11.5 Å². The van der Waals surface area contributed by atoms with Crippen LogP contribution in [0, 0.1) is 0 Å². The van der Waals surface area contributed by atoms with Crippen LogP contribution in [0.25, 0.3) is 0 Å². The van der Waals surface area contributed by atoms with Crippen LogP contribution in [-0.2, 0) is 17.8 Å². The van der Waals surface area contributed by atoms with Crippen molar-refractivity contribution in [1.29, 1.82) is 0 Å². The van der Waals surface area contributed by atoms with Crippen LogP contribution in [0.2, 0.25) is 0 Å². The molecule has 0 radical (unpaired) electrons. The Morgan fingerprint density at radius 3 is 2.33 bits per heavy atom. The van der Waals surface area contributed by atoms with E-state index in [1.165, 1.54) is 11.1 Å². The molecule has 3 heteroatoms. The molecule has 1 atom stereocenters.